The van der Waals surface area contributed by atoms with E-state index in [9.17, 15) is 5.11 Å². The number of alkyl halides is 1. The average Bonchev–Trinajstić information content (AvgIpc) is 2.54. The van der Waals surface area contributed by atoms with E-state index in [2.05, 4.69) is 13.0 Å². The molecule has 0 radical (unpaired) electrons. The van der Waals surface area contributed by atoms with Gasteiger partial charge in [0, 0.05) is 15.6 Å². The molecule has 0 saturated heterocycles. The minimum Gasteiger partial charge on any atom is -0.388 e. The van der Waals surface area contributed by atoms with E-state index in [1.807, 2.05) is 6.07 Å². The molecule has 1 N–H and O–H groups in total. The highest BCUT2D eigenvalue weighted by Crippen LogP contribution is 2.26. The molecule has 1 nitrogen and oxygen atoms in total. The highest BCUT2D eigenvalue weighted by atomic mass is 35.5. The minimum absolute atomic E-state index is 0.367. The van der Waals surface area contributed by atoms with Crippen molar-refractivity contribution < 1.29 is 5.11 Å². The van der Waals surface area contributed by atoms with Crippen molar-refractivity contribution in [3.05, 3.63) is 21.9 Å². The van der Waals surface area contributed by atoms with Crippen LogP contribution in [0.3, 0.4) is 0 Å². The van der Waals surface area contributed by atoms with Crippen LogP contribution in [0.5, 0.6) is 0 Å². The fourth-order valence-corrected chi connectivity index (χ4v) is 2.54. The summed E-state index contributed by atoms with van der Waals surface area (Å²) in [6.07, 6.45) is 2.55. The minimum atomic E-state index is -0.367. The second-order valence-electron chi connectivity index (χ2n) is 3.05. The quantitative estimate of drug-likeness (QED) is 0.752. The first-order chi connectivity index (χ1) is 6.27. The van der Waals surface area contributed by atoms with E-state index < -0.39 is 0 Å². The molecular weight excluding hydrogens is 204 g/mol. The van der Waals surface area contributed by atoms with Crippen molar-refractivity contribution in [2.45, 2.75) is 32.3 Å². The predicted octanol–water partition coefficient (Wildman–Crippen LogP) is 3.36. The Bertz CT molecular complexity index is 247. The molecule has 1 aromatic heterocycles. The summed E-state index contributed by atoms with van der Waals surface area (Å²) < 4.78 is 0. The maximum Gasteiger partial charge on any atom is 0.0893 e. The van der Waals surface area contributed by atoms with E-state index in [1.54, 1.807) is 11.3 Å². The zero-order valence-electron chi connectivity index (χ0n) is 7.79. The van der Waals surface area contributed by atoms with E-state index >= 15 is 0 Å². The number of aryl methyl sites for hydroxylation is 1. The van der Waals surface area contributed by atoms with Gasteiger partial charge in [-0.05, 0) is 25.0 Å². The van der Waals surface area contributed by atoms with Crippen LogP contribution in [0.15, 0.2) is 12.1 Å². The molecule has 1 rings (SSSR count). The number of aliphatic hydroxyl groups excluding tert-OH is 1. The summed E-state index contributed by atoms with van der Waals surface area (Å²) in [6.45, 7) is 2.16. The Hall–Kier alpha value is -0.0500. The lowest BCUT2D eigenvalue weighted by Crippen LogP contribution is -1.94. The van der Waals surface area contributed by atoms with E-state index in [0.717, 1.165) is 17.7 Å². The summed E-state index contributed by atoms with van der Waals surface area (Å²) in [6, 6.07) is 4.10. The van der Waals surface area contributed by atoms with Gasteiger partial charge in [-0.15, -0.1) is 22.9 Å². The SMILES string of the molecule is CCCc1ccc(C(O)CCCl)s1. The van der Waals surface area contributed by atoms with E-state index in [-0.39, 0.29) is 6.10 Å². The predicted molar refractivity (Wildman–Crippen MR) is 58.6 cm³/mol. The molecule has 3 heteroatoms. The molecule has 0 aliphatic carbocycles. The molecule has 0 saturated carbocycles. The van der Waals surface area contributed by atoms with Crippen molar-refractivity contribution in [3.8, 4) is 0 Å². The number of rotatable bonds is 5. The summed E-state index contributed by atoms with van der Waals surface area (Å²) in [7, 11) is 0. The first-order valence-electron chi connectivity index (χ1n) is 4.60. The van der Waals surface area contributed by atoms with Crippen LogP contribution in [0.25, 0.3) is 0 Å². The third-order valence-corrected chi connectivity index (χ3v) is 3.35. The number of thiophene rings is 1. The summed E-state index contributed by atoms with van der Waals surface area (Å²) >= 11 is 7.26. The lowest BCUT2D eigenvalue weighted by Gasteiger charge is -2.04. The molecule has 1 atom stereocenters. The zero-order valence-corrected chi connectivity index (χ0v) is 9.37. The Morgan fingerprint density at radius 3 is 2.92 bits per heavy atom. The van der Waals surface area contributed by atoms with Gasteiger partial charge in [-0.1, -0.05) is 13.3 Å². The summed E-state index contributed by atoms with van der Waals surface area (Å²) in [5.74, 6) is 0.516. The van der Waals surface area contributed by atoms with Crippen molar-refractivity contribution in [1.82, 2.24) is 0 Å². The van der Waals surface area contributed by atoms with Crippen LogP contribution in [0.2, 0.25) is 0 Å². The highest BCUT2D eigenvalue weighted by Gasteiger charge is 2.09. The fraction of sp³-hybridized carbons (Fsp3) is 0.600. The van der Waals surface area contributed by atoms with Crippen molar-refractivity contribution >= 4 is 22.9 Å². The van der Waals surface area contributed by atoms with Gasteiger partial charge < -0.3 is 5.11 Å². The van der Waals surface area contributed by atoms with Crippen LogP contribution < -0.4 is 0 Å². The molecule has 0 aliphatic heterocycles. The Kier molecular flexibility index (Phi) is 4.78. The Labute approximate surface area is 88.4 Å². The van der Waals surface area contributed by atoms with Crippen LogP contribution in [-0.4, -0.2) is 11.0 Å². The second-order valence-corrected chi connectivity index (χ2v) is 4.63. The molecule has 13 heavy (non-hydrogen) atoms. The molecule has 1 heterocycles. The molecule has 0 aromatic carbocycles. The van der Waals surface area contributed by atoms with Crippen molar-refractivity contribution in [1.29, 1.82) is 0 Å². The van der Waals surface area contributed by atoms with Gasteiger partial charge in [-0.2, -0.15) is 0 Å². The van der Waals surface area contributed by atoms with Gasteiger partial charge in [-0.25, -0.2) is 0 Å². The highest BCUT2D eigenvalue weighted by molar-refractivity contribution is 7.12. The van der Waals surface area contributed by atoms with Gasteiger partial charge >= 0.3 is 0 Å². The van der Waals surface area contributed by atoms with Crippen LogP contribution >= 0.6 is 22.9 Å². The molecular formula is C10H15ClOS. The van der Waals surface area contributed by atoms with E-state index in [4.69, 9.17) is 11.6 Å². The Morgan fingerprint density at radius 2 is 2.31 bits per heavy atom. The second kappa shape index (κ2) is 5.63. The Morgan fingerprint density at radius 1 is 1.54 bits per heavy atom. The maximum atomic E-state index is 9.63. The van der Waals surface area contributed by atoms with Crippen LogP contribution in [-0.2, 0) is 6.42 Å². The van der Waals surface area contributed by atoms with Gasteiger partial charge in [0.1, 0.15) is 0 Å². The van der Waals surface area contributed by atoms with Gasteiger partial charge in [0.05, 0.1) is 6.10 Å². The largest absolute Gasteiger partial charge is 0.388 e. The summed E-state index contributed by atoms with van der Waals surface area (Å²) in [4.78, 5) is 2.40. The molecule has 0 amide bonds. The van der Waals surface area contributed by atoms with Gasteiger partial charge in [-0.3, -0.25) is 0 Å². The first kappa shape index (κ1) is 11.0. The van der Waals surface area contributed by atoms with Gasteiger partial charge in [0.25, 0.3) is 0 Å². The normalized spacial score (nSPS) is 13.2. The van der Waals surface area contributed by atoms with Crippen LogP contribution in [0.1, 0.15) is 35.6 Å². The number of hydrogen-bond donors (Lipinski definition) is 1. The smallest absolute Gasteiger partial charge is 0.0893 e. The fourth-order valence-electron chi connectivity index (χ4n) is 1.20. The standard InChI is InChI=1S/C10H15ClOS/c1-2-3-8-4-5-10(13-8)9(12)6-7-11/h4-5,9,12H,2-3,6-7H2,1H3. The van der Waals surface area contributed by atoms with Crippen LogP contribution in [0, 0.1) is 0 Å². The molecule has 0 fully saturated rings. The van der Waals surface area contributed by atoms with Crippen molar-refractivity contribution in [2.24, 2.45) is 0 Å². The topological polar surface area (TPSA) is 20.2 Å². The number of halogens is 1. The van der Waals surface area contributed by atoms with Gasteiger partial charge in [0.15, 0.2) is 0 Å². The molecule has 1 aromatic rings. The lowest BCUT2D eigenvalue weighted by atomic mass is 10.2. The van der Waals surface area contributed by atoms with Crippen molar-refractivity contribution in [2.75, 3.05) is 5.88 Å². The van der Waals surface area contributed by atoms with Crippen molar-refractivity contribution in [3.63, 3.8) is 0 Å². The van der Waals surface area contributed by atoms with Crippen LogP contribution in [0.4, 0.5) is 0 Å². The summed E-state index contributed by atoms with van der Waals surface area (Å²) in [5.41, 5.74) is 0. The average molecular weight is 219 g/mol. The lowest BCUT2D eigenvalue weighted by molar-refractivity contribution is 0.178. The molecule has 0 spiro atoms. The molecule has 0 aliphatic rings. The Balaban J connectivity index is 2.56. The monoisotopic (exact) mass is 218 g/mol. The first-order valence-corrected chi connectivity index (χ1v) is 5.95. The summed E-state index contributed by atoms with van der Waals surface area (Å²) in [5, 5.41) is 9.63. The molecule has 74 valence electrons. The van der Waals surface area contributed by atoms with E-state index in [1.165, 1.54) is 4.88 Å². The van der Waals surface area contributed by atoms with Gasteiger partial charge in [0.2, 0.25) is 0 Å². The molecule has 1 unspecified atom stereocenters. The zero-order chi connectivity index (χ0) is 9.68. The van der Waals surface area contributed by atoms with E-state index in [0.29, 0.717) is 12.3 Å². The number of hydrogen-bond acceptors (Lipinski definition) is 2. The number of aliphatic hydroxyl groups is 1. The third kappa shape index (κ3) is 3.29. The molecule has 0 bridgehead atoms. The third-order valence-electron chi connectivity index (χ3n) is 1.89. The maximum absolute atomic E-state index is 9.63.